The second kappa shape index (κ2) is 8.57. The van der Waals surface area contributed by atoms with Gasteiger partial charge in [-0.15, -0.1) is 0 Å². The first-order chi connectivity index (χ1) is 10.2. The van der Waals surface area contributed by atoms with Crippen molar-refractivity contribution >= 4 is 31.9 Å². The van der Waals surface area contributed by atoms with Crippen LogP contribution in [-0.4, -0.2) is 13.2 Å². The van der Waals surface area contributed by atoms with Crippen LogP contribution < -0.4 is 4.74 Å². The Morgan fingerprint density at radius 2 is 1.76 bits per heavy atom. The number of hydrogen-bond donors (Lipinski definition) is 0. The molecule has 2 rings (SSSR count). The molecule has 0 fully saturated rings. The third-order valence-electron chi connectivity index (χ3n) is 2.99. The summed E-state index contributed by atoms with van der Waals surface area (Å²) in [4.78, 5) is 0. The van der Waals surface area contributed by atoms with Crippen molar-refractivity contribution in [1.29, 1.82) is 0 Å². The number of hydrogen-bond acceptors (Lipinski definition) is 2. The molecule has 2 nitrogen and oxygen atoms in total. The van der Waals surface area contributed by atoms with Gasteiger partial charge in [0.15, 0.2) is 0 Å². The van der Waals surface area contributed by atoms with Gasteiger partial charge in [0.05, 0.1) is 24.3 Å². The van der Waals surface area contributed by atoms with Crippen LogP contribution in [0.2, 0.25) is 0 Å². The van der Waals surface area contributed by atoms with Crippen molar-refractivity contribution in [3.8, 4) is 5.75 Å². The first kappa shape index (κ1) is 16.5. The van der Waals surface area contributed by atoms with E-state index < -0.39 is 0 Å². The van der Waals surface area contributed by atoms with Gasteiger partial charge in [0.25, 0.3) is 0 Å². The van der Waals surface area contributed by atoms with E-state index >= 15 is 0 Å². The third-order valence-corrected chi connectivity index (χ3v) is 4.39. The monoisotopic (exact) mass is 412 g/mol. The zero-order valence-corrected chi connectivity index (χ0v) is 15.1. The molecule has 0 aliphatic carbocycles. The minimum Gasteiger partial charge on any atom is -0.492 e. The molecule has 0 bridgehead atoms. The molecule has 0 N–H and O–H groups in total. The maximum Gasteiger partial charge on any atom is 0.133 e. The Bertz CT molecular complexity index is 585. The molecule has 0 atom stereocenters. The van der Waals surface area contributed by atoms with E-state index in [1.807, 2.05) is 30.3 Å². The summed E-state index contributed by atoms with van der Waals surface area (Å²) < 4.78 is 13.5. The summed E-state index contributed by atoms with van der Waals surface area (Å²) in [6.45, 7) is 4.02. The van der Waals surface area contributed by atoms with Crippen molar-refractivity contribution in [2.24, 2.45) is 0 Å². The molecule has 112 valence electrons. The zero-order chi connectivity index (χ0) is 15.1. The van der Waals surface area contributed by atoms with Gasteiger partial charge in [0, 0.05) is 10.9 Å². The van der Waals surface area contributed by atoms with E-state index in [-0.39, 0.29) is 0 Å². The van der Waals surface area contributed by atoms with E-state index in [1.165, 1.54) is 11.1 Å². The van der Waals surface area contributed by atoms with Crippen LogP contribution in [0.5, 0.6) is 5.75 Å². The second-order valence-electron chi connectivity index (χ2n) is 4.78. The van der Waals surface area contributed by atoms with Gasteiger partial charge in [-0.2, -0.15) is 0 Å². The van der Waals surface area contributed by atoms with Crippen LogP contribution in [0.3, 0.4) is 0 Å². The molecule has 0 aliphatic heterocycles. The second-order valence-corrected chi connectivity index (χ2v) is 6.49. The summed E-state index contributed by atoms with van der Waals surface area (Å²) in [6, 6.07) is 14.2. The lowest BCUT2D eigenvalue weighted by molar-refractivity contribution is 0.107. The van der Waals surface area contributed by atoms with Crippen LogP contribution in [0.15, 0.2) is 51.4 Å². The van der Waals surface area contributed by atoms with Gasteiger partial charge < -0.3 is 9.47 Å². The predicted octanol–water partition coefficient (Wildman–Crippen LogP) is 5.51. The third kappa shape index (κ3) is 5.46. The molecule has 0 heterocycles. The average molecular weight is 414 g/mol. The van der Waals surface area contributed by atoms with Gasteiger partial charge >= 0.3 is 0 Å². The standard InChI is InChI=1S/C17H18Br2O2/c1-13-7-8-17(16(19)11-13)21-10-4-9-20-12-14-5-2-3-6-15(14)18/h2-3,5-8,11H,4,9-10,12H2,1H3. The molecule has 0 saturated carbocycles. The molecule has 2 aromatic carbocycles. The highest BCUT2D eigenvalue weighted by Crippen LogP contribution is 2.25. The smallest absolute Gasteiger partial charge is 0.133 e. The molecular formula is C17H18Br2O2. The van der Waals surface area contributed by atoms with Crippen LogP contribution >= 0.6 is 31.9 Å². The average Bonchev–Trinajstić information content (AvgIpc) is 2.46. The minimum atomic E-state index is 0.621. The summed E-state index contributed by atoms with van der Waals surface area (Å²) in [5.74, 6) is 0.881. The Morgan fingerprint density at radius 3 is 2.52 bits per heavy atom. The van der Waals surface area contributed by atoms with E-state index in [4.69, 9.17) is 9.47 Å². The van der Waals surface area contributed by atoms with Gasteiger partial charge in [-0.1, -0.05) is 40.2 Å². The largest absolute Gasteiger partial charge is 0.492 e. The molecule has 0 saturated heterocycles. The quantitative estimate of drug-likeness (QED) is 0.557. The van der Waals surface area contributed by atoms with E-state index in [1.54, 1.807) is 0 Å². The Kier molecular flexibility index (Phi) is 6.74. The first-order valence-electron chi connectivity index (χ1n) is 6.87. The number of halogens is 2. The molecule has 0 aromatic heterocycles. The molecule has 0 aliphatic rings. The van der Waals surface area contributed by atoms with Gasteiger partial charge in [0.2, 0.25) is 0 Å². The van der Waals surface area contributed by atoms with Crippen LogP contribution in [0.25, 0.3) is 0 Å². The van der Waals surface area contributed by atoms with Crippen molar-refractivity contribution in [1.82, 2.24) is 0 Å². The summed E-state index contributed by atoms with van der Waals surface area (Å²) in [6.07, 6.45) is 0.866. The fraction of sp³-hybridized carbons (Fsp3) is 0.294. The fourth-order valence-corrected chi connectivity index (χ4v) is 2.87. The number of aryl methyl sites for hydroxylation is 1. The zero-order valence-electron chi connectivity index (χ0n) is 11.9. The molecule has 21 heavy (non-hydrogen) atoms. The maximum atomic E-state index is 5.73. The van der Waals surface area contributed by atoms with Gasteiger partial charge in [-0.3, -0.25) is 0 Å². The Labute approximate surface area is 142 Å². The Balaban J connectivity index is 1.65. The lowest BCUT2D eigenvalue weighted by Crippen LogP contribution is -2.04. The summed E-state index contributed by atoms with van der Waals surface area (Å²) in [5.41, 5.74) is 2.38. The van der Waals surface area contributed by atoms with Crippen molar-refractivity contribution in [3.05, 3.63) is 62.5 Å². The van der Waals surface area contributed by atoms with Crippen molar-refractivity contribution in [2.75, 3.05) is 13.2 Å². The lowest BCUT2D eigenvalue weighted by atomic mass is 10.2. The molecule has 0 spiro atoms. The SMILES string of the molecule is Cc1ccc(OCCCOCc2ccccc2Br)c(Br)c1. The van der Waals surface area contributed by atoms with Crippen LogP contribution in [-0.2, 0) is 11.3 Å². The van der Waals surface area contributed by atoms with E-state index in [0.717, 1.165) is 21.1 Å². The molecule has 2 aromatic rings. The maximum absolute atomic E-state index is 5.73. The highest BCUT2D eigenvalue weighted by molar-refractivity contribution is 9.10. The number of rotatable bonds is 7. The lowest BCUT2D eigenvalue weighted by Gasteiger charge is -2.09. The Morgan fingerprint density at radius 1 is 0.952 bits per heavy atom. The summed E-state index contributed by atoms with van der Waals surface area (Å²) >= 11 is 7.02. The highest BCUT2D eigenvalue weighted by Gasteiger charge is 2.01. The topological polar surface area (TPSA) is 18.5 Å². The van der Waals surface area contributed by atoms with E-state index in [0.29, 0.717) is 19.8 Å². The minimum absolute atomic E-state index is 0.621. The van der Waals surface area contributed by atoms with E-state index in [9.17, 15) is 0 Å². The molecule has 0 unspecified atom stereocenters. The highest BCUT2D eigenvalue weighted by atomic mass is 79.9. The predicted molar refractivity (Wildman–Crippen MR) is 92.8 cm³/mol. The van der Waals surface area contributed by atoms with Crippen LogP contribution in [0.1, 0.15) is 17.5 Å². The molecule has 4 heteroatoms. The molecular weight excluding hydrogens is 396 g/mol. The number of benzene rings is 2. The Hall–Kier alpha value is -0.840. The van der Waals surface area contributed by atoms with Crippen molar-refractivity contribution in [3.63, 3.8) is 0 Å². The fourth-order valence-electron chi connectivity index (χ4n) is 1.86. The van der Waals surface area contributed by atoms with Crippen LogP contribution in [0, 0.1) is 6.92 Å². The summed E-state index contributed by atoms with van der Waals surface area (Å²) in [5, 5.41) is 0. The van der Waals surface area contributed by atoms with Gasteiger partial charge in [-0.05, 0) is 52.2 Å². The molecule has 0 radical (unpaired) electrons. The summed E-state index contributed by atoms with van der Waals surface area (Å²) in [7, 11) is 0. The van der Waals surface area contributed by atoms with E-state index in [2.05, 4.69) is 50.9 Å². The first-order valence-corrected chi connectivity index (χ1v) is 8.45. The van der Waals surface area contributed by atoms with Crippen molar-refractivity contribution < 1.29 is 9.47 Å². The van der Waals surface area contributed by atoms with Crippen LogP contribution in [0.4, 0.5) is 0 Å². The van der Waals surface area contributed by atoms with Gasteiger partial charge in [0.1, 0.15) is 5.75 Å². The molecule has 0 amide bonds. The van der Waals surface area contributed by atoms with Gasteiger partial charge in [-0.25, -0.2) is 0 Å². The van der Waals surface area contributed by atoms with Crippen molar-refractivity contribution in [2.45, 2.75) is 20.0 Å². The normalized spacial score (nSPS) is 10.6. The number of ether oxygens (including phenoxy) is 2.